The molecule has 1 unspecified atom stereocenters. The van der Waals surface area contributed by atoms with Crippen LogP contribution >= 0.6 is 22.6 Å². The van der Waals surface area contributed by atoms with Crippen LogP contribution in [0.1, 0.15) is 58.2 Å². The maximum atomic E-state index is 13.0. The Labute approximate surface area is 214 Å². The molecule has 0 aliphatic carbocycles. The molecule has 3 rings (SSSR count). The van der Waals surface area contributed by atoms with Gasteiger partial charge in [-0.25, -0.2) is 4.79 Å². The summed E-state index contributed by atoms with van der Waals surface area (Å²) in [6.07, 6.45) is 0.884. The summed E-state index contributed by atoms with van der Waals surface area (Å²) >= 11 is 1.93. The molecule has 0 aromatic heterocycles. The second-order valence-corrected chi connectivity index (χ2v) is 11.5. The zero-order chi connectivity index (χ0) is 25.5. The van der Waals surface area contributed by atoms with Gasteiger partial charge < -0.3 is 19.5 Å². The van der Waals surface area contributed by atoms with Crippen molar-refractivity contribution in [2.24, 2.45) is 0 Å². The van der Waals surface area contributed by atoms with Crippen molar-refractivity contribution in [3.8, 4) is 11.5 Å². The zero-order valence-electron chi connectivity index (χ0n) is 20.5. The normalized spacial score (nSPS) is 17.7. The van der Waals surface area contributed by atoms with E-state index in [1.165, 1.54) is 6.92 Å². The van der Waals surface area contributed by atoms with Crippen LogP contribution in [0.4, 0.5) is 4.79 Å². The summed E-state index contributed by atoms with van der Waals surface area (Å²) in [6.45, 7) is 12.4. The Kier molecular flexibility index (Phi) is 7.06. The molecular formula is C26H31IN2O5. The lowest BCUT2D eigenvalue weighted by molar-refractivity contribution is -0.142. The minimum atomic E-state index is -1.37. The topological polar surface area (TPSA) is 88.1 Å². The Balaban J connectivity index is 1.95. The number of nitrogens with one attached hydrogen (secondary N) is 1. The molecule has 1 atom stereocenters. The molecule has 8 heteroatoms. The SMILES string of the molecule is CC(=O)N(C(C)(C)C)C(C)(C)NC(=O)Oc1c(C)ccc2c1OC(c1ccccc1)=CC2(O)I. The predicted molar refractivity (Wildman–Crippen MR) is 140 cm³/mol. The van der Waals surface area contributed by atoms with Crippen molar-refractivity contribution in [2.75, 3.05) is 0 Å². The molecule has 2 N–H and O–H groups in total. The quantitative estimate of drug-likeness (QED) is 0.285. The number of amides is 2. The summed E-state index contributed by atoms with van der Waals surface area (Å²) in [6, 6.07) is 12.9. The third-order valence-corrected chi connectivity index (χ3v) is 6.32. The van der Waals surface area contributed by atoms with Crippen LogP contribution in [0.3, 0.4) is 0 Å². The zero-order valence-corrected chi connectivity index (χ0v) is 22.7. The largest absolute Gasteiger partial charge is 0.453 e. The van der Waals surface area contributed by atoms with Crippen LogP contribution < -0.4 is 14.8 Å². The fourth-order valence-corrected chi connectivity index (χ4v) is 5.14. The molecule has 0 fully saturated rings. The Morgan fingerprint density at radius 1 is 1.09 bits per heavy atom. The fraction of sp³-hybridized carbons (Fsp3) is 0.385. The van der Waals surface area contributed by atoms with Crippen LogP contribution in [0.2, 0.25) is 0 Å². The number of halogens is 1. The van der Waals surface area contributed by atoms with Crippen LogP contribution in [-0.2, 0) is 8.40 Å². The Morgan fingerprint density at radius 2 is 1.71 bits per heavy atom. The maximum Gasteiger partial charge on any atom is 0.414 e. The van der Waals surface area contributed by atoms with Gasteiger partial charge in [-0.2, -0.15) is 0 Å². The summed E-state index contributed by atoms with van der Waals surface area (Å²) in [5.74, 6) is 0.747. The predicted octanol–water partition coefficient (Wildman–Crippen LogP) is 5.48. The summed E-state index contributed by atoms with van der Waals surface area (Å²) in [4.78, 5) is 27.0. The van der Waals surface area contributed by atoms with Gasteiger partial charge in [-0.15, -0.1) is 0 Å². The molecule has 2 aromatic rings. The third-order valence-electron chi connectivity index (χ3n) is 5.43. The summed E-state index contributed by atoms with van der Waals surface area (Å²) in [5.41, 5.74) is 0.362. The number of benzene rings is 2. The first-order chi connectivity index (χ1) is 15.6. The lowest BCUT2D eigenvalue weighted by Crippen LogP contribution is -2.64. The van der Waals surface area contributed by atoms with E-state index in [0.29, 0.717) is 16.9 Å². The van der Waals surface area contributed by atoms with Crippen molar-refractivity contribution in [2.45, 2.75) is 63.3 Å². The Hall–Kier alpha value is -2.59. The minimum absolute atomic E-state index is 0.179. The first-order valence-corrected chi connectivity index (χ1v) is 12.0. The van der Waals surface area contributed by atoms with Crippen molar-refractivity contribution in [3.63, 3.8) is 0 Å². The van der Waals surface area contributed by atoms with Crippen LogP contribution in [0.5, 0.6) is 11.5 Å². The van der Waals surface area contributed by atoms with Crippen LogP contribution in [-0.4, -0.2) is 33.2 Å². The van der Waals surface area contributed by atoms with Crippen LogP contribution in [0.25, 0.3) is 5.76 Å². The molecule has 0 saturated carbocycles. The van der Waals surface area contributed by atoms with Gasteiger partial charge in [-0.1, -0.05) is 42.5 Å². The highest BCUT2D eigenvalue weighted by Gasteiger charge is 2.40. The number of ether oxygens (including phenoxy) is 2. The molecule has 7 nitrogen and oxygen atoms in total. The maximum absolute atomic E-state index is 13.0. The van der Waals surface area contributed by atoms with Gasteiger partial charge in [0.2, 0.25) is 5.91 Å². The van der Waals surface area contributed by atoms with Crippen molar-refractivity contribution in [3.05, 3.63) is 65.2 Å². The molecule has 1 aliphatic heterocycles. The van der Waals surface area contributed by atoms with E-state index in [9.17, 15) is 14.7 Å². The molecule has 0 spiro atoms. The fourth-order valence-electron chi connectivity index (χ4n) is 4.43. The van der Waals surface area contributed by atoms with Gasteiger partial charge in [0.05, 0.1) is 0 Å². The highest BCUT2D eigenvalue weighted by atomic mass is 127. The van der Waals surface area contributed by atoms with E-state index in [1.54, 1.807) is 43.9 Å². The number of rotatable bonds is 4. The second-order valence-electron chi connectivity index (χ2n) is 9.84. The molecule has 2 amide bonds. The number of alkyl halides is 1. The summed E-state index contributed by atoms with van der Waals surface area (Å²) in [5, 5.41) is 13.9. The number of carbonyl (C=O) groups excluding carboxylic acids is 2. The van der Waals surface area contributed by atoms with Gasteiger partial charge in [-0.05, 0) is 69.7 Å². The van der Waals surface area contributed by atoms with E-state index in [-0.39, 0.29) is 17.4 Å². The van der Waals surface area contributed by atoms with Crippen LogP contribution in [0.15, 0.2) is 48.5 Å². The molecule has 1 aliphatic rings. The molecule has 1 heterocycles. The Bertz CT molecular complexity index is 1130. The van der Waals surface area contributed by atoms with Gasteiger partial charge in [0.15, 0.2) is 15.1 Å². The number of nitrogens with zero attached hydrogens (tertiary/aromatic N) is 1. The first-order valence-electron chi connectivity index (χ1n) is 11.0. The molecular weight excluding hydrogens is 547 g/mol. The Morgan fingerprint density at radius 3 is 2.26 bits per heavy atom. The highest BCUT2D eigenvalue weighted by molar-refractivity contribution is 14.1. The van der Waals surface area contributed by atoms with Crippen molar-refractivity contribution in [1.82, 2.24) is 10.2 Å². The molecule has 2 aromatic carbocycles. The van der Waals surface area contributed by atoms with E-state index < -0.39 is 20.9 Å². The highest BCUT2D eigenvalue weighted by Crippen LogP contribution is 2.49. The molecule has 34 heavy (non-hydrogen) atoms. The first kappa shape index (κ1) is 26.0. The minimum Gasteiger partial charge on any atom is -0.453 e. The van der Waals surface area contributed by atoms with E-state index >= 15 is 0 Å². The second kappa shape index (κ2) is 9.22. The van der Waals surface area contributed by atoms with E-state index in [4.69, 9.17) is 9.47 Å². The molecule has 0 radical (unpaired) electrons. The van der Waals surface area contributed by atoms with Gasteiger partial charge in [0.1, 0.15) is 11.4 Å². The van der Waals surface area contributed by atoms with Gasteiger partial charge in [0, 0.05) is 29.7 Å². The number of carbonyl (C=O) groups is 2. The number of aliphatic hydroxyl groups is 1. The number of hydrogen-bond donors (Lipinski definition) is 2. The summed E-state index contributed by atoms with van der Waals surface area (Å²) < 4.78 is 10.5. The van der Waals surface area contributed by atoms with Crippen LogP contribution in [0, 0.1) is 6.92 Å². The van der Waals surface area contributed by atoms with Gasteiger partial charge >= 0.3 is 6.09 Å². The monoisotopic (exact) mass is 578 g/mol. The van der Waals surface area contributed by atoms with Gasteiger partial charge in [-0.3, -0.25) is 10.1 Å². The average molecular weight is 578 g/mol. The lowest BCUT2D eigenvalue weighted by atomic mass is 10.00. The molecule has 0 saturated heterocycles. The van der Waals surface area contributed by atoms with Crippen molar-refractivity contribution in [1.29, 1.82) is 0 Å². The number of fused-ring (bicyclic) bond motifs is 1. The average Bonchev–Trinajstić information content (AvgIpc) is 2.67. The standard InChI is InChI=1S/C26H31IN2O5/c1-16-13-14-19-22(33-20(15-26(19,27)32)18-11-9-8-10-12-18)21(16)34-23(31)28-25(6,7)29(17(2)30)24(3,4)5/h8-15,32H,1-7H3,(H,28,31). The smallest absolute Gasteiger partial charge is 0.414 e. The number of aryl methyl sites for hydroxylation is 1. The van der Waals surface area contributed by atoms with E-state index in [2.05, 4.69) is 5.32 Å². The van der Waals surface area contributed by atoms with Gasteiger partial charge in [0.25, 0.3) is 0 Å². The summed E-state index contributed by atoms with van der Waals surface area (Å²) in [7, 11) is 0. The molecule has 182 valence electrons. The van der Waals surface area contributed by atoms with Crippen molar-refractivity contribution >= 4 is 40.4 Å². The lowest BCUT2D eigenvalue weighted by Gasteiger charge is -2.46. The van der Waals surface area contributed by atoms with E-state index in [0.717, 1.165) is 5.56 Å². The third kappa shape index (κ3) is 5.38. The van der Waals surface area contributed by atoms with Crippen molar-refractivity contribution < 1.29 is 24.2 Å². The number of hydrogen-bond acceptors (Lipinski definition) is 5. The molecule has 0 bridgehead atoms. The van der Waals surface area contributed by atoms with E-state index in [1.807, 2.05) is 73.7 Å².